The molecule has 2 heterocycles. The van der Waals surface area contributed by atoms with Gasteiger partial charge in [0.15, 0.2) is 0 Å². The summed E-state index contributed by atoms with van der Waals surface area (Å²) in [6.45, 7) is 14.2. The van der Waals surface area contributed by atoms with E-state index in [0.717, 1.165) is 32.1 Å². The summed E-state index contributed by atoms with van der Waals surface area (Å²) in [7, 11) is 0. The Morgan fingerprint density at radius 3 is 2.50 bits per heavy atom. The number of nitrogens with zero attached hydrogens (tertiary/aromatic N) is 3. The van der Waals surface area contributed by atoms with Gasteiger partial charge in [-0.1, -0.05) is 49.4 Å². The molecule has 2 aliphatic heterocycles. The van der Waals surface area contributed by atoms with E-state index >= 15 is 0 Å². The zero-order chi connectivity index (χ0) is 23.3. The standard InChI is InChI=1S/C30H42N4/c1-3-24(2)33-19-17-32(18-20-33)16-13-31-29-11-14-34(15-12-29)30-10-6-9-27(23-30)28-21-25-7-4-5-8-26(25)22-28/h4-10,21,23-24,29,31H,3,11-20,22H2,1-2H3. The van der Waals surface area contributed by atoms with Gasteiger partial charge in [0.25, 0.3) is 0 Å². The highest BCUT2D eigenvalue weighted by molar-refractivity contribution is 5.89. The summed E-state index contributed by atoms with van der Waals surface area (Å²) in [5, 5.41) is 3.86. The Bertz CT molecular complexity index is 967. The smallest absolute Gasteiger partial charge is 0.0372 e. The highest BCUT2D eigenvalue weighted by Gasteiger charge is 2.22. The molecule has 0 amide bonds. The number of rotatable bonds is 8. The molecule has 1 unspecified atom stereocenters. The van der Waals surface area contributed by atoms with Gasteiger partial charge in [0.2, 0.25) is 0 Å². The Balaban J connectivity index is 1.06. The molecule has 182 valence electrons. The summed E-state index contributed by atoms with van der Waals surface area (Å²) in [5.74, 6) is 0. The summed E-state index contributed by atoms with van der Waals surface area (Å²) in [5.41, 5.74) is 7.04. The Labute approximate surface area is 206 Å². The van der Waals surface area contributed by atoms with Crippen molar-refractivity contribution in [3.8, 4) is 0 Å². The molecule has 1 N–H and O–H groups in total. The van der Waals surface area contributed by atoms with Crippen LogP contribution in [0.2, 0.25) is 0 Å². The molecule has 1 aliphatic carbocycles. The second kappa shape index (κ2) is 11.1. The van der Waals surface area contributed by atoms with Crippen LogP contribution in [0.4, 0.5) is 5.69 Å². The summed E-state index contributed by atoms with van der Waals surface area (Å²) >= 11 is 0. The van der Waals surface area contributed by atoms with Crippen molar-refractivity contribution < 1.29 is 0 Å². The monoisotopic (exact) mass is 458 g/mol. The third-order valence-corrected chi connectivity index (χ3v) is 8.32. The quantitative estimate of drug-likeness (QED) is 0.616. The molecule has 2 saturated heterocycles. The molecule has 5 rings (SSSR count). The lowest BCUT2D eigenvalue weighted by atomic mass is 10.0. The average Bonchev–Trinajstić information content (AvgIpc) is 3.34. The first-order chi connectivity index (χ1) is 16.7. The number of allylic oxidation sites excluding steroid dienone is 1. The van der Waals surface area contributed by atoms with Crippen LogP contribution in [0.25, 0.3) is 11.6 Å². The van der Waals surface area contributed by atoms with Crippen LogP contribution >= 0.6 is 0 Å². The SMILES string of the molecule is CCC(C)N1CCN(CCNC2CCN(c3cccc(C4=Cc5ccccc5C4)c3)CC2)CC1. The lowest BCUT2D eigenvalue weighted by Gasteiger charge is -2.38. The molecule has 0 radical (unpaired) electrons. The van der Waals surface area contributed by atoms with Crippen LogP contribution in [0.1, 0.15) is 49.8 Å². The molecule has 4 heteroatoms. The molecule has 2 aromatic rings. The Morgan fingerprint density at radius 1 is 0.941 bits per heavy atom. The van der Waals surface area contributed by atoms with Crippen molar-refractivity contribution in [1.82, 2.24) is 15.1 Å². The first kappa shape index (κ1) is 23.6. The molecule has 0 spiro atoms. The molecule has 4 nitrogen and oxygen atoms in total. The van der Waals surface area contributed by atoms with Gasteiger partial charge in [0.05, 0.1) is 0 Å². The summed E-state index contributed by atoms with van der Waals surface area (Å²) in [6.07, 6.45) is 7.16. The van der Waals surface area contributed by atoms with Crippen molar-refractivity contribution in [2.45, 2.75) is 51.6 Å². The highest BCUT2D eigenvalue weighted by Crippen LogP contribution is 2.33. The second-order valence-corrected chi connectivity index (χ2v) is 10.4. The molecule has 0 aromatic heterocycles. The van der Waals surface area contributed by atoms with Gasteiger partial charge >= 0.3 is 0 Å². The maximum Gasteiger partial charge on any atom is 0.0372 e. The molecular weight excluding hydrogens is 416 g/mol. The van der Waals surface area contributed by atoms with E-state index in [4.69, 9.17) is 0 Å². The number of piperidine rings is 1. The average molecular weight is 459 g/mol. The minimum atomic E-state index is 0.660. The van der Waals surface area contributed by atoms with Gasteiger partial charge in [-0.25, -0.2) is 0 Å². The summed E-state index contributed by atoms with van der Waals surface area (Å²) in [4.78, 5) is 7.87. The van der Waals surface area contributed by atoms with Crippen LogP contribution in [0.3, 0.4) is 0 Å². The predicted molar refractivity (Wildman–Crippen MR) is 145 cm³/mol. The van der Waals surface area contributed by atoms with Crippen LogP contribution in [0, 0.1) is 0 Å². The minimum absolute atomic E-state index is 0.660. The number of hydrogen-bond acceptors (Lipinski definition) is 4. The van der Waals surface area contributed by atoms with Crippen molar-refractivity contribution in [1.29, 1.82) is 0 Å². The van der Waals surface area contributed by atoms with E-state index in [-0.39, 0.29) is 0 Å². The molecule has 34 heavy (non-hydrogen) atoms. The largest absolute Gasteiger partial charge is 0.371 e. The van der Waals surface area contributed by atoms with Gasteiger partial charge < -0.3 is 10.2 Å². The fourth-order valence-corrected chi connectivity index (χ4v) is 5.82. The number of fused-ring (bicyclic) bond motifs is 1. The molecule has 0 bridgehead atoms. The highest BCUT2D eigenvalue weighted by atomic mass is 15.3. The van der Waals surface area contributed by atoms with E-state index in [1.165, 1.54) is 79.9 Å². The molecule has 0 saturated carbocycles. The Morgan fingerprint density at radius 2 is 1.74 bits per heavy atom. The number of anilines is 1. The zero-order valence-corrected chi connectivity index (χ0v) is 21.2. The fraction of sp³-hybridized carbons (Fsp3) is 0.533. The molecule has 1 atom stereocenters. The van der Waals surface area contributed by atoms with Gasteiger partial charge in [0.1, 0.15) is 0 Å². The van der Waals surface area contributed by atoms with Gasteiger partial charge in [-0.15, -0.1) is 0 Å². The van der Waals surface area contributed by atoms with Gasteiger partial charge in [0, 0.05) is 70.1 Å². The number of piperazine rings is 1. The van der Waals surface area contributed by atoms with Crippen molar-refractivity contribution in [2.75, 3.05) is 57.3 Å². The first-order valence-corrected chi connectivity index (χ1v) is 13.5. The third-order valence-electron chi connectivity index (χ3n) is 8.32. The van der Waals surface area contributed by atoms with Crippen LogP contribution in [0.5, 0.6) is 0 Å². The predicted octanol–water partition coefficient (Wildman–Crippen LogP) is 4.76. The van der Waals surface area contributed by atoms with E-state index in [2.05, 4.69) is 88.5 Å². The van der Waals surface area contributed by atoms with Gasteiger partial charge in [-0.2, -0.15) is 0 Å². The van der Waals surface area contributed by atoms with Crippen LogP contribution in [0.15, 0.2) is 48.5 Å². The summed E-state index contributed by atoms with van der Waals surface area (Å²) in [6, 6.07) is 19.4. The maximum absolute atomic E-state index is 3.86. The lowest BCUT2D eigenvalue weighted by molar-refractivity contribution is 0.100. The van der Waals surface area contributed by atoms with Crippen molar-refractivity contribution in [3.05, 3.63) is 65.2 Å². The van der Waals surface area contributed by atoms with E-state index < -0.39 is 0 Å². The van der Waals surface area contributed by atoms with Gasteiger partial charge in [-0.05, 0) is 67.0 Å². The van der Waals surface area contributed by atoms with Crippen LogP contribution in [-0.4, -0.2) is 74.2 Å². The zero-order valence-electron chi connectivity index (χ0n) is 21.2. The fourth-order valence-electron chi connectivity index (χ4n) is 5.82. The van der Waals surface area contributed by atoms with Crippen LogP contribution in [-0.2, 0) is 6.42 Å². The van der Waals surface area contributed by atoms with Crippen LogP contribution < -0.4 is 10.2 Å². The van der Waals surface area contributed by atoms with E-state index in [1.54, 1.807) is 0 Å². The van der Waals surface area contributed by atoms with E-state index in [1.807, 2.05) is 0 Å². The van der Waals surface area contributed by atoms with E-state index in [9.17, 15) is 0 Å². The molecule has 3 aliphatic rings. The normalized spacial score (nSPS) is 20.9. The van der Waals surface area contributed by atoms with Crippen molar-refractivity contribution >= 4 is 17.3 Å². The topological polar surface area (TPSA) is 21.8 Å². The number of nitrogens with one attached hydrogen (secondary N) is 1. The molecule has 2 aromatic carbocycles. The summed E-state index contributed by atoms with van der Waals surface area (Å²) < 4.78 is 0. The molecule has 2 fully saturated rings. The third kappa shape index (κ3) is 5.56. The van der Waals surface area contributed by atoms with Gasteiger partial charge in [-0.3, -0.25) is 9.80 Å². The first-order valence-electron chi connectivity index (χ1n) is 13.5. The van der Waals surface area contributed by atoms with E-state index in [0.29, 0.717) is 6.04 Å². The Kier molecular flexibility index (Phi) is 7.68. The number of benzene rings is 2. The second-order valence-electron chi connectivity index (χ2n) is 10.4. The van der Waals surface area contributed by atoms with Crippen molar-refractivity contribution in [3.63, 3.8) is 0 Å². The lowest BCUT2D eigenvalue weighted by Crippen LogP contribution is -2.51. The van der Waals surface area contributed by atoms with Crippen molar-refractivity contribution in [2.24, 2.45) is 0 Å². The minimum Gasteiger partial charge on any atom is -0.371 e. The number of hydrogen-bond donors (Lipinski definition) is 1. The molecular formula is C30H42N4. The maximum atomic E-state index is 3.86. The Hall–Kier alpha value is -2.14.